The van der Waals surface area contributed by atoms with Gasteiger partial charge in [0.05, 0.1) is 0 Å². The Morgan fingerprint density at radius 3 is 2.44 bits per heavy atom. The molecule has 0 amide bonds. The minimum atomic E-state index is 0.687. The third kappa shape index (κ3) is 1.57. The molecule has 0 spiro atoms. The summed E-state index contributed by atoms with van der Waals surface area (Å²) in [7, 11) is 0. The summed E-state index contributed by atoms with van der Waals surface area (Å²) < 4.78 is 0. The molecule has 0 radical (unpaired) electrons. The van der Waals surface area contributed by atoms with Crippen LogP contribution in [0.5, 0.6) is 0 Å². The molecule has 1 fully saturated rings. The van der Waals surface area contributed by atoms with Gasteiger partial charge in [0.25, 0.3) is 0 Å². The van der Waals surface area contributed by atoms with E-state index in [1.807, 2.05) is 0 Å². The molecular weight excluding hydrogens is 108 g/mol. The van der Waals surface area contributed by atoms with Gasteiger partial charge in [0.1, 0.15) is 0 Å². The lowest BCUT2D eigenvalue weighted by Crippen LogP contribution is -2.24. The normalized spacial score (nSPS) is 24.2. The van der Waals surface area contributed by atoms with Crippen molar-refractivity contribution >= 4 is 0 Å². The Bertz CT molecular complexity index is 107. The molecule has 0 N–H and O–H groups in total. The highest BCUT2D eigenvalue weighted by molar-refractivity contribution is 4.91. The molecule has 9 heavy (non-hydrogen) atoms. The predicted molar refractivity (Wildman–Crippen MR) is 41.4 cm³/mol. The quantitative estimate of drug-likeness (QED) is 0.496. The molecule has 0 bridgehead atoms. The van der Waals surface area contributed by atoms with Gasteiger partial charge in [-0.25, -0.2) is 0 Å². The van der Waals surface area contributed by atoms with Crippen LogP contribution in [0, 0.1) is 5.41 Å². The van der Waals surface area contributed by atoms with Crippen molar-refractivity contribution in [2.45, 2.75) is 39.5 Å². The molecule has 52 valence electrons. The molecule has 1 aliphatic rings. The van der Waals surface area contributed by atoms with E-state index < -0.39 is 0 Å². The summed E-state index contributed by atoms with van der Waals surface area (Å²) in [6, 6.07) is 0. The molecule has 0 saturated heterocycles. The monoisotopic (exact) mass is 124 g/mol. The Labute approximate surface area is 58.0 Å². The van der Waals surface area contributed by atoms with Gasteiger partial charge in [-0.05, 0) is 31.6 Å². The highest BCUT2D eigenvalue weighted by Gasteiger charge is 2.29. The zero-order valence-electron chi connectivity index (χ0n) is 6.48. The Kier molecular flexibility index (Phi) is 1.94. The minimum absolute atomic E-state index is 0.687. The first-order chi connectivity index (χ1) is 4.27. The third-order valence-corrected chi connectivity index (χ3v) is 2.41. The van der Waals surface area contributed by atoms with Crippen molar-refractivity contribution in [1.82, 2.24) is 0 Å². The summed E-state index contributed by atoms with van der Waals surface area (Å²) >= 11 is 0. The standard InChI is InChI=1S/C9H16/c1-3-4-6-9(2)7-5-8-9/h3-4H,5-8H2,1-2H3/b4-3-. The molecular formula is C9H16. The lowest BCUT2D eigenvalue weighted by Gasteiger charge is -2.37. The second kappa shape index (κ2) is 2.55. The number of rotatable bonds is 2. The van der Waals surface area contributed by atoms with Gasteiger partial charge in [-0.3, -0.25) is 0 Å². The summed E-state index contributed by atoms with van der Waals surface area (Å²) in [5.74, 6) is 0. The Hall–Kier alpha value is -0.260. The molecule has 0 heteroatoms. The maximum atomic E-state index is 2.39. The van der Waals surface area contributed by atoms with Crippen LogP contribution in [0.15, 0.2) is 12.2 Å². The van der Waals surface area contributed by atoms with Crippen LogP contribution < -0.4 is 0 Å². The first-order valence-corrected chi connectivity index (χ1v) is 3.88. The average Bonchev–Trinajstić information content (AvgIpc) is 1.79. The first kappa shape index (κ1) is 6.85. The van der Waals surface area contributed by atoms with Crippen LogP contribution in [0.25, 0.3) is 0 Å². The summed E-state index contributed by atoms with van der Waals surface area (Å²) in [4.78, 5) is 0. The van der Waals surface area contributed by atoms with E-state index in [1.165, 1.54) is 25.7 Å². The van der Waals surface area contributed by atoms with Gasteiger partial charge >= 0.3 is 0 Å². The first-order valence-electron chi connectivity index (χ1n) is 3.88. The highest BCUT2D eigenvalue weighted by atomic mass is 14.3. The fourth-order valence-corrected chi connectivity index (χ4v) is 1.39. The number of allylic oxidation sites excluding steroid dienone is 2. The highest BCUT2D eigenvalue weighted by Crippen LogP contribution is 2.43. The molecule has 1 saturated carbocycles. The summed E-state index contributed by atoms with van der Waals surface area (Å²) in [6.45, 7) is 4.48. The van der Waals surface area contributed by atoms with Crippen LogP contribution in [0.1, 0.15) is 39.5 Å². The summed E-state index contributed by atoms with van der Waals surface area (Å²) in [6.07, 6.45) is 10.1. The Morgan fingerprint density at radius 2 is 2.11 bits per heavy atom. The van der Waals surface area contributed by atoms with E-state index in [0.29, 0.717) is 5.41 Å². The molecule has 0 heterocycles. The number of hydrogen-bond acceptors (Lipinski definition) is 0. The van der Waals surface area contributed by atoms with Gasteiger partial charge < -0.3 is 0 Å². The van der Waals surface area contributed by atoms with Gasteiger partial charge in [0.15, 0.2) is 0 Å². The molecule has 0 aliphatic heterocycles. The maximum Gasteiger partial charge on any atom is -0.0291 e. The lowest BCUT2D eigenvalue weighted by molar-refractivity contribution is 0.165. The van der Waals surface area contributed by atoms with Crippen LogP contribution in [0.4, 0.5) is 0 Å². The molecule has 0 nitrogen and oxygen atoms in total. The van der Waals surface area contributed by atoms with E-state index in [4.69, 9.17) is 0 Å². The van der Waals surface area contributed by atoms with E-state index in [2.05, 4.69) is 26.0 Å². The van der Waals surface area contributed by atoms with Crippen LogP contribution in [0.2, 0.25) is 0 Å². The van der Waals surface area contributed by atoms with Gasteiger partial charge in [-0.2, -0.15) is 0 Å². The fraction of sp³-hybridized carbons (Fsp3) is 0.778. The van der Waals surface area contributed by atoms with Gasteiger partial charge in [-0.1, -0.05) is 25.5 Å². The van der Waals surface area contributed by atoms with Crippen molar-refractivity contribution in [2.24, 2.45) is 5.41 Å². The van der Waals surface area contributed by atoms with Crippen LogP contribution in [-0.2, 0) is 0 Å². The molecule has 0 aromatic rings. The van der Waals surface area contributed by atoms with Crippen molar-refractivity contribution in [3.05, 3.63) is 12.2 Å². The molecule has 1 aliphatic carbocycles. The molecule has 0 unspecified atom stereocenters. The van der Waals surface area contributed by atoms with E-state index in [1.54, 1.807) is 0 Å². The van der Waals surface area contributed by atoms with Crippen LogP contribution in [-0.4, -0.2) is 0 Å². The zero-order valence-corrected chi connectivity index (χ0v) is 6.48. The molecule has 0 aromatic carbocycles. The van der Waals surface area contributed by atoms with Gasteiger partial charge in [0.2, 0.25) is 0 Å². The molecule has 0 aromatic heterocycles. The third-order valence-electron chi connectivity index (χ3n) is 2.41. The largest absolute Gasteiger partial charge is 0.0916 e. The minimum Gasteiger partial charge on any atom is -0.0916 e. The van der Waals surface area contributed by atoms with Crippen molar-refractivity contribution in [3.63, 3.8) is 0 Å². The van der Waals surface area contributed by atoms with E-state index in [0.717, 1.165) is 0 Å². The van der Waals surface area contributed by atoms with E-state index >= 15 is 0 Å². The zero-order chi connectivity index (χ0) is 6.74. The molecule has 0 atom stereocenters. The summed E-state index contributed by atoms with van der Waals surface area (Å²) in [5.41, 5.74) is 0.687. The van der Waals surface area contributed by atoms with Crippen LogP contribution in [0.3, 0.4) is 0 Å². The second-order valence-electron chi connectivity index (χ2n) is 3.44. The Balaban J connectivity index is 2.24. The van der Waals surface area contributed by atoms with E-state index in [-0.39, 0.29) is 0 Å². The van der Waals surface area contributed by atoms with Gasteiger partial charge in [0, 0.05) is 0 Å². The number of hydrogen-bond donors (Lipinski definition) is 0. The smallest absolute Gasteiger partial charge is 0.0291 e. The summed E-state index contributed by atoms with van der Waals surface area (Å²) in [5, 5.41) is 0. The lowest BCUT2D eigenvalue weighted by atomic mass is 9.68. The SMILES string of the molecule is C/C=C\CC1(C)CCC1. The maximum absolute atomic E-state index is 2.39. The van der Waals surface area contributed by atoms with Gasteiger partial charge in [-0.15, -0.1) is 0 Å². The van der Waals surface area contributed by atoms with E-state index in [9.17, 15) is 0 Å². The average molecular weight is 124 g/mol. The van der Waals surface area contributed by atoms with Crippen molar-refractivity contribution in [1.29, 1.82) is 0 Å². The Morgan fingerprint density at radius 1 is 1.44 bits per heavy atom. The topological polar surface area (TPSA) is 0 Å². The fourth-order valence-electron chi connectivity index (χ4n) is 1.39. The van der Waals surface area contributed by atoms with Crippen molar-refractivity contribution < 1.29 is 0 Å². The molecule has 1 rings (SSSR count). The van der Waals surface area contributed by atoms with Crippen molar-refractivity contribution in [2.75, 3.05) is 0 Å². The van der Waals surface area contributed by atoms with Crippen LogP contribution >= 0.6 is 0 Å². The van der Waals surface area contributed by atoms with Crippen molar-refractivity contribution in [3.8, 4) is 0 Å². The second-order valence-corrected chi connectivity index (χ2v) is 3.44. The predicted octanol–water partition coefficient (Wildman–Crippen LogP) is 3.14.